The zero-order chi connectivity index (χ0) is 15.1. The van der Waals surface area contributed by atoms with Crippen LogP contribution in [0.3, 0.4) is 0 Å². The summed E-state index contributed by atoms with van der Waals surface area (Å²) < 4.78 is 5.03. The van der Waals surface area contributed by atoms with E-state index in [2.05, 4.69) is 10.6 Å². The molecule has 1 aliphatic rings. The van der Waals surface area contributed by atoms with Gasteiger partial charge < -0.3 is 25.4 Å². The van der Waals surface area contributed by atoms with Gasteiger partial charge in [-0.15, -0.1) is 0 Å². The predicted molar refractivity (Wildman–Crippen MR) is 70.2 cm³/mol. The fourth-order valence-electron chi connectivity index (χ4n) is 1.69. The van der Waals surface area contributed by atoms with Crippen LogP contribution >= 0.6 is 0 Å². The third kappa shape index (κ3) is 5.04. The molecule has 1 saturated heterocycles. The predicted octanol–water partition coefficient (Wildman–Crippen LogP) is -0.746. The van der Waals surface area contributed by atoms with E-state index in [4.69, 9.17) is 9.84 Å². The number of carboxylic acids is 1. The minimum absolute atomic E-state index is 0.0394. The van der Waals surface area contributed by atoms with Crippen molar-refractivity contribution in [1.82, 2.24) is 15.5 Å². The maximum absolute atomic E-state index is 11.9. The largest absolute Gasteiger partial charge is 0.480 e. The Labute approximate surface area is 117 Å². The van der Waals surface area contributed by atoms with E-state index in [0.717, 1.165) is 0 Å². The van der Waals surface area contributed by atoms with Crippen molar-refractivity contribution in [2.45, 2.75) is 19.9 Å². The first-order chi connectivity index (χ1) is 9.41. The van der Waals surface area contributed by atoms with E-state index in [1.807, 2.05) is 13.8 Å². The van der Waals surface area contributed by atoms with Crippen LogP contribution in [-0.4, -0.2) is 66.8 Å². The lowest BCUT2D eigenvalue weighted by molar-refractivity contribution is -0.147. The quantitative estimate of drug-likeness (QED) is 0.617. The van der Waals surface area contributed by atoms with Crippen molar-refractivity contribution in [1.29, 1.82) is 0 Å². The Morgan fingerprint density at radius 1 is 1.35 bits per heavy atom. The summed E-state index contributed by atoms with van der Waals surface area (Å²) in [4.78, 5) is 35.5. The Kier molecular flexibility index (Phi) is 6.23. The molecule has 8 nitrogen and oxygen atoms in total. The van der Waals surface area contributed by atoms with Crippen LogP contribution < -0.4 is 10.6 Å². The molecule has 0 aromatic heterocycles. The molecule has 0 saturated carbocycles. The second-order valence-corrected chi connectivity index (χ2v) is 4.98. The maximum Gasteiger partial charge on any atom is 0.328 e. The number of aliphatic carboxylic acids is 1. The summed E-state index contributed by atoms with van der Waals surface area (Å²) in [5, 5.41) is 14.1. The van der Waals surface area contributed by atoms with Gasteiger partial charge in [-0.1, -0.05) is 13.8 Å². The molecular weight excluding hydrogens is 266 g/mol. The molecule has 0 aromatic rings. The van der Waals surface area contributed by atoms with Crippen LogP contribution in [0.2, 0.25) is 0 Å². The highest BCUT2D eigenvalue weighted by Crippen LogP contribution is 2.07. The highest BCUT2D eigenvalue weighted by Gasteiger charge is 2.32. The highest BCUT2D eigenvalue weighted by molar-refractivity contribution is 5.86. The molecule has 0 bridgehead atoms. The Hall–Kier alpha value is -1.83. The Bertz CT molecular complexity index is 372. The van der Waals surface area contributed by atoms with E-state index in [9.17, 15) is 14.4 Å². The van der Waals surface area contributed by atoms with Gasteiger partial charge in [0, 0.05) is 13.1 Å². The number of urea groups is 1. The number of carbonyl (C=O) groups is 3. The summed E-state index contributed by atoms with van der Waals surface area (Å²) in [5.41, 5.74) is 0. The van der Waals surface area contributed by atoms with Gasteiger partial charge in [-0.05, 0) is 5.92 Å². The van der Waals surface area contributed by atoms with Gasteiger partial charge in [0.15, 0.2) is 6.04 Å². The van der Waals surface area contributed by atoms with Gasteiger partial charge in [-0.25, -0.2) is 9.59 Å². The first kappa shape index (κ1) is 16.2. The SMILES string of the molecule is CC(C)CNC(=O)CNC(=O)N1CCOCC1C(=O)O. The summed E-state index contributed by atoms with van der Waals surface area (Å²) in [6, 6.07) is -1.58. The minimum Gasteiger partial charge on any atom is -0.480 e. The van der Waals surface area contributed by atoms with Gasteiger partial charge in [-0.3, -0.25) is 4.79 Å². The van der Waals surface area contributed by atoms with Crippen molar-refractivity contribution in [2.75, 3.05) is 32.8 Å². The third-order valence-corrected chi connectivity index (χ3v) is 2.78. The van der Waals surface area contributed by atoms with Crippen molar-refractivity contribution in [3.8, 4) is 0 Å². The Morgan fingerprint density at radius 2 is 2.05 bits per heavy atom. The Morgan fingerprint density at radius 3 is 2.65 bits per heavy atom. The molecule has 0 spiro atoms. The lowest BCUT2D eigenvalue weighted by atomic mass is 10.2. The fourth-order valence-corrected chi connectivity index (χ4v) is 1.69. The van der Waals surface area contributed by atoms with Crippen molar-refractivity contribution in [2.24, 2.45) is 5.92 Å². The number of rotatable bonds is 5. The number of ether oxygens (including phenoxy) is 1. The molecular formula is C12H21N3O5. The molecule has 1 atom stereocenters. The van der Waals surface area contributed by atoms with Gasteiger partial charge in [0.2, 0.25) is 5.91 Å². The number of carboxylic acid groups (broad SMARTS) is 1. The molecule has 0 aromatic carbocycles. The smallest absolute Gasteiger partial charge is 0.328 e. The van der Waals surface area contributed by atoms with E-state index in [0.29, 0.717) is 12.5 Å². The lowest BCUT2D eigenvalue weighted by Crippen LogP contribution is -2.56. The number of amides is 3. The number of nitrogens with zero attached hydrogens (tertiary/aromatic N) is 1. The third-order valence-electron chi connectivity index (χ3n) is 2.78. The standard InChI is InChI=1S/C12H21N3O5/c1-8(2)5-13-10(16)6-14-12(19)15-3-4-20-7-9(15)11(17)18/h8-9H,3-7H2,1-2H3,(H,13,16)(H,14,19)(H,17,18). The molecule has 8 heteroatoms. The van der Waals surface area contributed by atoms with Crippen LogP contribution in [0.5, 0.6) is 0 Å². The van der Waals surface area contributed by atoms with Crippen LogP contribution in [0.1, 0.15) is 13.8 Å². The highest BCUT2D eigenvalue weighted by atomic mass is 16.5. The van der Waals surface area contributed by atoms with Crippen molar-refractivity contribution >= 4 is 17.9 Å². The molecule has 1 heterocycles. The number of morpholine rings is 1. The van der Waals surface area contributed by atoms with E-state index < -0.39 is 18.0 Å². The zero-order valence-electron chi connectivity index (χ0n) is 11.7. The topological polar surface area (TPSA) is 108 Å². The monoisotopic (exact) mass is 287 g/mol. The van der Waals surface area contributed by atoms with Crippen LogP contribution in [0.25, 0.3) is 0 Å². The second-order valence-electron chi connectivity index (χ2n) is 4.98. The van der Waals surface area contributed by atoms with Crippen LogP contribution in [0, 0.1) is 5.92 Å². The van der Waals surface area contributed by atoms with Gasteiger partial charge in [0.05, 0.1) is 19.8 Å². The zero-order valence-corrected chi connectivity index (χ0v) is 11.7. The van der Waals surface area contributed by atoms with Crippen molar-refractivity contribution in [3.05, 3.63) is 0 Å². The molecule has 3 N–H and O–H groups in total. The minimum atomic E-state index is -1.12. The number of hydrogen-bond donors (Lipinski definition) is 3. The van der Waals surface area contributed by atoms with E-state index in [-0.39, 0.29) is 32.2 Å². The Balaban J connectivity index is 2.40. The van der Waals surface area contributed by atoms with E-state index in [1.165, 1.54) is 4.90 Å². The van der Waals surface area contributed by atoms with Crippen molar-refractivity contribution in [3.63, 3.8) is 0 Å². The van der Waals surface area contributed by atoms with Crippen LogP contribution in [-0.2, 0) is 14.3 Å². The molecule has 20 heavy (non-hydrogen) atoms. The van der Waals surface area contributed by atoms with Gasteiger partial charge in [0.25, 0.3) is 0 Å². The number of hydrogen-bond acceptors (Lipinski definition) is 4. The summed E-state index contributed by atoms with van der Waals surface area (Å²) in [6.07, 6.45) is 0. The second kappa shape index (κ2) is 7.68. The molecule has 1 aliphatic heterocycles. The van der Waals surface area contributed by atoms with E-state index in [1.54, 1.807) is 0 Å². The summed E-state index contributed by atoms with van der Waals surface area (Å²) >= 11 is 0. The number of nitrogens with one attached hydrogen (secondary N) is 2. The van der Waals surface area contributed by atoms with Crippen molar-refractivity contribution < 1.29 is 24.2 Å². The normalized spacial score (nSPS) is 18.8. The van der Waals surface area contributed by atoms with Gasteiger partial charge >= 0.3 is 12.0 Å². The summed E-state index contributed by atoms with van der Waals surface area (Å²) in [5.74, 6) is -1.10. The maximum atomic E-state index is 11.9. The molecule has 0 radical (unpaired) electrons. The van der Waals surface area contributed by atoms with E-state index >= 15 is 0 Å². The molecule has 1 unspecified atom stereocenters. The first-order valence-electron chi connectivity index (χ1n) is 6.53. The lowest BCUT2D eigenvalue weighted by Gasteiger charge is -2.32. The average Bonchev–Trinajstić information content (AvgIpc) is 2.42. The first-order valence-corrected chi connectivity index (χ1v) is 6.53. The number of carbonyl (C=O) groups excluding carboxylic acids is 2. The molecule has 0 aliphatic carbocycles. The molecule has 114 valence electrons. The molecule has 1 rings (SSSR count). The van der Waals surface area contributed by atoms with Crippen LogP contribution in [0.15, 0.2) is 0 Å². The summed E-state index contributed by atoms with van der Waals surface area (Å²) in [7, 11) is 0. The van der Waals surface area contributed by atoms with Gasteiger partial charge in [0.1, 0.15) is 0 Å². The molecule has 1 fully saturated rings. The van der Waals surface area contributed by atoms with Crippen LogP contribution in [0.4, 0.5) is 4.79 Å². The average molecular weight is 287 g/mol. The molecule has 3 amide bonds. The fraction of sp³-hybridized carbons (Fsp3) is 0.750. The summed E-state index contributed by atoms with van der Waals surface area (Å²) in [6.45, 7) is 4.73. The van der Waals surface area contributed by atoms with Gasteiger partial charge in [-0.2, -0.15) is 0 Å².